The summed E-state index contributed by atoms with van der Waals surface area (Å²) in [5.41, 5.74) is 0.578. The molecule has 0 aliphatic heterocycles. The number of carbonyl (C=O) groups is 1. The van der Waals surface area contributed by atoms with E-state index in [1.54, 1.807) is 43.3 Å². The van der Waals surface area contributed by atoms with E-state index in [2.05, 4.69) is 15.9 Å². The van der Waals surface area contributed by atoms with Gasteiger partial charge in [0.25, 0.3) is 5.69 Å². The molecule has 0 N–H and O–H groups in total. The molecule has 0 amide bonds. The molecule has 138 valence electrons. The lowest BCUT2D eigenvalue weighted by Crippen LogP contribution is -1.96. The number of aryl methyl sites for hydroxylation is 1. The predicted octanol–water partition coefficient (Wildman–Crippen LogP) is 5.80. The van der Waals surface area contributed by atoms with Crippen molar-refractivity contribution in [1.82, 2.24) is 0 Å². The molecule has 2 aromatic heterocycles. The molecule has 0 atom stereocenters. The van der Waals surface area contributed by atoms with E-state index in [0.29, 0.717) is 27.7 Å². The van der Waals surface area contributed by atoms with E-state index in [1.807, 2.05) is 5.38 Å². The molecule has 0 saturated carbocycles. The summed E-state index contributed by atoms with van der Waals surface area (Å²) in [5.74, 6) is 1.54. The maximum atomic E-state index is 12.0. The highest BCUT2D eigenvalue weighted by Crippen LogP contribution is 2.24. The van der Waals surface area contributed by atoms with Gasteiger partial charge in [0.05, 0.1) is 9.80 Å². The van der Waals surface area contributed by atoms with Crippen LogP contribution in [0.2, 0.25) is 0 Å². The summed E-state index contributed by atoms with van der Waals surface area (Å²) in [5, 5.41) is 12.7. The Kier molecular flexibility index (Phi) is 5.88. The van der Waals surface area contributed by atoms with Gasteiger partial charge in [-0.15, -0.1) is 11.3 Å². The van der Waals surface area contributed by atoms with Crippen molar-refractivity contribution in [2.45, 2.75) is 13.5 Å². The van der Waals surface area contributed by atoms with E-state index in [4.69, 9.17) is 9.15 Å². The third-order valence-electron chi connectivity index (χ3n) is 3.64. The molecule has 27 heavy (non-hydrogen) atoms. The molecule has 0 radical (unpaired) electrons. The second kappa shape index (κ2) is 8.32. The van der Waals surface area contributed by atoms with Gasteiger partial charge < -0.3 is 9.15 Å². The summed E-state index contributed by atoms with van der Waals surface area (Å²) in [7, 11) is 0. The van der Waals surface area contributed by atoms with Gasteiger partial charge >= 0.3 is 0 Å². The van der Waals surface area contributed by atoms with Crippen LogP contribution in [-0.4, -0.2) is 10.7 Å². The van der Waals surface area contributed by atoms with Gasteiger partial charge in [-0.1, -0.05) is 0 Å². The van der Waals surface area contributed by atoms with Crippen LogP contribution in [0.3, 0.4) is 0 Å². The maximum Gasteiger partial charge on any atom is 0.272 e. The normalized spacial score (nSPS) is 11.0. The van der Waals surface area contributed by atoms with E-state index in [0.717, 1.165) is 4.47 Å². The van der Waals surface area contributed by atoms with Crippen LogP contribution in [-0.2, 0) is 6.61 Å². The van der Waals surface area contributed by atoms with E-state index in [1.165, 1.54) is 23.5 Å². The first-order chi connectivity index (χ1) is 12.9. The van der Waals surface area contributed by atoms with Gasteiger partial charge in [-0.3, -0.25) is 14.9 Å². The van der Waals surface area contributed by atoms with E-state index >= 15 is 0 Å². The molecule has 1 aromatic carbocycles. The summed E-state index contributed by atoms with van der Waals surface area (Å²) >= 11 is 4.69. The number of carbonyl (C=O) groups excluding carboxylic acids is 1. The molecular weight excluding hydrogens is 434 g/mol. The Labute approximate surface area is 167 Å². The van der Waals surface area contributed by atoms with E-state index in [-0.39, 0.29) is 18.1 Å². The smallest absolute Gasteiger partial charge is 0.272 e. The van der Waals surface area contributed by atoms with Gasteiger partial charge in [-0.25, -0.2) is 0 Å². The lowest BCUT2D eigenvalue weighted by Gasteiger charge is -2.05. The average Bonchev–Trinajstić information content (AvgIpc) is 3.26. The van der Waals surface area contributed by atoms with Crippen LogP contribution in [0.1, 0.15) is 26.8 Å². The van der Waals surface area contributed by atoms with Crippen LogP contribution < -0.4 is 4.74 Å². The number of nitro groups is 1. The first-order valence-electron chi connectivity index (χ1n) is 7.85. The van der Waals surface area contributed by atoms with Gasteiger partial charge in [0.15, 0.2) is 5.78 Å². The Bertz CT molecular complexity index is 1020. The van der Waals surface area contributed by atoms with Crippen LogP contribution in [0.4, 0.5) is 5.69 Å². The third kappa shape index (κ3) is 4.93. The molecule has 3 aromatic rings. The molecule has 0 spiro atoms. The highest BCUT2D eigenvalue weighted by atomic mass is 79.9. The van der Waals surface area contributed by atoms with Crippen LogP contribution in [0.15, 0.2) is 56.7 Å². The number of nitro benzene ring substituents is 1. The molecular formula is C19H14BrNO5S. The summed E-state index contributed by atoms with van der Waals surface area (Å²) in [6, 6.07) is 9.84. The van der Waals surface area contributed by atoms with Gasteiger partial charge in [-0.05, 0) is 65.3 Å². The summed E-state index contributed by atoms with van der Waals surface area (Å²) in [6.45, 7) is 1.83. The molecule has 6 nitrogen and oxygen atoms in total. The van der Waals surface area contributed by atoms with Crippen molar-refractivity contribution in [3.63, 3.8) is 0 Å². The van der Waals surface area contributed by atoms with Gasteiger partial charge in [0.1, 0.15) is 23.9 Å². The minimum Gasteiger partial charge on any atom is -0.486 e. The van der Waals surface area contributed by atoms with Gasteiger partial charge in [-0.2, -0.15) is 0 Å². The number of hydrogen-bond acceptors (Lipinski definition) is 6. The molecule has 3 rings (SSSR count). The Balaban J connectivity index is 1.59. The zero-order valence-electron chi connectivity index (χ0n) is 14.2. The Morgan fingerprint density at radius 2 is 2.15 bits per heavy atom. The van der Waals surface area contributed by atoms with Crippen molar-refractivity contribution in [1.29, 1.82) is 0 Å². The summed E-state index contributed by atoms with van der Waals surface area (Å²) in [6.07, 6.45) is 3.07. The number of hydrogen-bond donors (Lipinski definition) is 0. The number of furan rings is 1. The SMILES string of the molecule is Cc1cc(OCc2ccc(/C=C/C(=O)c3cc(Br)cs3)o2)ccc1[N+](=O)[O-]. The van der Waals surface area contributed by atoms with Crippen LogP contribution in [0.5, 0.6) is 5.75 Å². The predicted molar refractivity (Wildman–Crippen MR) is 106 cm³/mol. The monoisotopic (exact) mass is 447 g/mol. The van der Waals surface area contributed by atoms with Crippen LogP contribution in [0.25, 0.3) is 6.08 Å². The Morgan fingerprint density at radius 3 is 2.81 bits per heavy atom. The lowest BCUT2D eigenvalue weighted by molar-refractivity contribution is -0.385. The highest BCUT2D eigenvalue weighted by molar-refractivity contribution is 9.10. The molecule has 0 aliphatic rings. The van der Waals surface area contributed by atoms with E-state index in [9.17, 15) is 14.9 Å². The number of ketones is 1. The van der Waals surface area contributed by atoms with E-state index < -0.39 is 4.92 Å². The van der Waals surface area contributed by atoms with Crippen LogP contribution >= 0.6 is 27.3 Å². The average molecular weight is 448 g/mol. The van der Waals surface area contributed by atoms with Crippen molar-refractivity contribution in [2.75, 3.05) is 0 Å². The number of nitrogens with zero attached hydrogens (tertiary/aromatic N) is 1. The summed E-state index contributed by atoms with van der Waals surface area (Å²) < 4.78 is 12.1. The van der Waals surface area contributed by atoms with Crippen molar-refractivity contribution >= 4 is 44.8 Å². The maximum absolute atomic E-state index is 12.0. The highest BCUT2D eigenvalue weighted by Gasteiger charge is 2.11. The molecule has 0 bridgehead atoms. The largest absolute Gasteiger partial charge is 0.486 e. The molecule has 0 aliphatic carbocycles. The first-order valence-corrected chi connectivity index (χ1v) is 9.52. The standard InChI is InChI=1S/C19H14BrNO5S/c1-12-8-15(4-6-17(12)21(23)24)25-10-16-3-2-14(26-16)5-7-18(22)19-9-13(20)11-27-19/h2-9,11H,10H2,1H3/b7-5+. The van der Waals surface area contributed by atoms with Crippen molar-refractivity contribution in [2.24, 2.45) is 0 Å². The fourth-order valence-corrected chi connectivity index (χ4v) is 3.67. The first kappa shape index (κ1) is 19.1. The third-order valence-corrected chi connectivity index (χ3v) is 5.34. The van der Waals surface area contributed by atoms with Crippen molar-refractivity contribution < 1.29 is 18.9 Å². The van der Waals surface area contributed by atoms with Crippen molar-refractivity contribution in [3.05, 3.63) is 84.4 Å². The summed E-state index contributed by atoms with van der Waals surface area (Å²) in [4.78, 5) is 23.1. The minimum absolute atomic E-state index is 0.0511. The van der Waals surface area contributed by atoms with Gasteiger partial charge in [0.2, 0.25) is 0 Å². The van der Waals surface area contributed by atoms with Gasteiger partial charge in [0, 0.05) is 21.5 Å². The Hall–Kier alpha value is -2.71. The second-order valence-corrected chi connectivity index (χ2v) is 7.45. The van der Waals surface area contributed by atoms with Crippen molar-refractivity contribution in [3.8, 4) is 5.75 Å². The molecule has 8 heteroatoms. The molecule has 2 heterocycles. The topological polar surface area (TPSA) is 82.6 Å². The fourth-order valence-electron chi connectivity index (χ4n) is 2.32. The fraction of sp³-hybridized carbons (Fsp3) is 0.105. The second-order valence-electron chi connectivity index (χ2n) is 5.62. The number of benzene rings is 1. The minimum atomic E-state index is -0.430. The number of ether oxygens (including phenoxy) is 1. The quantitative estimate of drug-likeness (QED) is 0.198. The number of halogens is 1. The number of thiophene rings is 1. The zero-order valence-corrected chi connectivity index (χ0v) is 16.6. The van der Waals surface area contributed by atoms with Crippen LogP contribution in [0, 0.1) is 17.0 Å². The molecule has 0 unspecified atom stereocenters. The zero-order chi connectivity index (χ0) is 19.4. The number of allylic oxidation sites excluding steroid dienone is 1. The molecule has 0 fully saturated rings. The molecule has 0 saturated heterocycles. The number of rotatable bonds is 7. The Morgan fingerprint density at radius 1 is 1.33 bits per heavy atom. The lowest BCUT2D eigenvalue weighted by atomic mass is 10.2.